The van der Waals surface area contributed by atoms with Gasteiger partial charge in [0, 0.05) is 0 Å². The maximum atomic E-state index is 13.0. The Morgan fingerprint density at radius 3 is 1.47 bits per heavy atom. The van der Waals surface area contributed by atoms with Crippen LogP contribution in [0.3, 0.4) is 0 Å². The van der Waals surface area contributed by atoms with Crippen molar-refractivity contribution in [1.29, 1.82) is 0 Å². The summed E-state index contributed by atoms with van der Waals surface area (Å²) < 4.78 is 11.1. The number of allylic oxidation sites excluding steroid dienone is 5. The summed E-state index contributed by atoms with van der Waals surface area (Å²) >= 11 is 0. The second kappa shape index (κ2) is 39.2. The lowest BCUT2D eigenvalue weighted by Gasteiger charge is -2.40. The van der Waals surface area contributed by atoms with Crippen LogP contribution in [0.4, 0.5) is 0 Å². The molecule has 1 rings (SSSR count). The van der Waals surface area contributed by atoms with E-state index in [-0.39, 0.29) is 6.61 Å². The minimum absolute atomic E-state index is 0.297. The third kappa shape index (κ3) is 29.3. The average Bonchev–Trinajstić information content (AvgIpc) is 3.23. The van der Waals surface area contributed by atoms with Crippen molar-refractivity contribution in [2.45, 2.75) is 255 Å². The molecule has 0 aromatic heterocycles. The molecular weight excluding hydrogens is 747 g/mol. The highest BCUT2D eigenvalue weighted by molar-refractivity contribution is 5.80. The molecule has 1 amide bonds. The van der Waals surface area contributed by atoms with Crippen molar-refractivity contribution in [3.63, 3.8) is 0 Å². The quantitative estimate of drug-likeness (QED) is 0.0235. The summed E-state index contributed by atoms with van der Waals surface area (Å²) in [6.45, 7) is 3.57. The lowest BCUT2D eigenvalue weighted by molar-refractivity contribution is -0.302. The summed E-state index contributed by atoms with van der Waals surface area (Å²) in [6, 6.07) is -0.998. The molecule has 1 fully saturated rings. The van der Waals surface area contributed by atoms with Gasteiger partial charge < -0.3 is 45.4 Å². The summed E-state index contributed by atoms with van der Waals surface area (Å²) in [5.41, 5.74) is 0. The molecule has 346 valence electrons. The lowest BCUT2D eigenvalue weighted by Crippen LogP contribution is -2.60. The smallest absolute Gasteiger partial charge is 0.249 e. The molecule has 10 heteroatoms. The van der Waals surface area contributed by atoms with Gasteiger partial charge in [-0.1, -0.05) is 185 Å². The first kappa shape index (κ1) is 55.4. The minimum Gasteiger partial charge on any atom is -0.394 e. The van der Waals surface area contributed by atoms with E-state index in [0.717, 1.165) is 38.5 Å². The Kier molecular flexibility index (Phi) is 36.8. The third-order valence-corrected chi connectivity index (χ3v) is 11.5. The Bertz CT molecular complexity index is 1040. The van der Waals surface area contributed by atoms with Crippen LogP contribution >= 0.6 is 0 Å². The van der Waals surface area contributed by atoms with E-state index in [4.69, 9.17) is 9.47 Å². The maximum Gasteiger partial charge on any atom is 0.249 e. The molecule has 0 aromatic rings. The van der Waals surface area contributed by atoms with Gasteiger partial charge in [-0.25, -0.2) is 0 Å². The van der Waals surface area contributed by atoms with Gasteiger partial charge in [0.05, 0.1) is 25.4 Å². The standard InChI is InChI=1S/C49H91NO9/c1-3-5-7-9-11-13-15-17-18-19-20-21-22-23-24-25-26-28-30-32-34-36-38-43(53)48(57)50-41(40-58-49-47(56)46(55)45(54)44(39-51)59-49)42(52)37-35-33-31-29-27-16-14-12-10-8-6-4-2/h23-24,27,29,35,37,41-47,49,51-56H,3-22,25-26,28,30-34,36,38-40H2,1-2H3,(H,50,57)/b24-23-,29-27+,37-35+. The molecule has 0 radical (unpaired) electrons. The molecule has 8 unspecified atom stereocenters. The van der Waals surface area contributed by atoms with Gasteiger partial charge in [-0.05, 0) is 57.8 Å². The van der Waals surface area contributed by atoms with Gasteiger partial charge in [0.25, 0.3) is 0 Å². The number of carbonyl (C=O) groups is 1. The van der Waals surface area contributed by atoms with Crippen LogP contribution in [0.1, 0.15) is 206 Å². The first-order valence-electron chi connectivity index (χ1n) is 24.3. The zero-order chi connectivity index (χ0) is 43.2. The predicted molar refractivity (Wildman–Crippen MR) is 241 cm³/mol. The fourth-order valence-electron chi connectivity index (χ4n) is 7.53. The highest BCUT2D eigenvalue weighted by Crippen LogP contribution is 2.23. The number of unbranched alkanes of at least 4 members (excludes halogenated alkanes) is 25. The van der Waals surface area contributed by atoms with Gasteiger partial charge in [0.2, 0.25) is 5.91 Å². The molecule has 0 spiro atoms. The Balaban J connectivity index is 2.35. The van der Waals surface area contributed by atoms with Crippen molar-refractivity contribution in [3.8, 4) is 0 Å². The Morgan fingerprint density at radius 2 is 1.00 bits per heavy atom. The monoisotopic (exact) mass is 838 g/mol. The van der Waals surface area contributed by atoms with E-state index >= 15 is 0 Å². The second-order valence-corrected chi connectivity index (χ2v) is 17.0. The summed E-state index contributed by atoms with van der Waals surface area (Å²) in [5.74, 6) is -0.632. The van der Waals surface area contributed by atoms with Crippen LogP contribution < -0.4 is 5.32 Å². The number of nitrogens with one attached hydrogen (secondary N) is 1. The van der Waals surface area contributed by atoms with Gasteiger partial charge in [-0.2, -0.15) is 0 Å². The van der Waals surface area contributed by atoms with Gasteiger partial charge in [-0.3, -0.25) is 4.79 Å². The third-order valence-electron chi connectivity index (χ3n) is 11.5. The van der Waals surface area contributed by atoms with Crippen LogP contribution in [0.2, 0.25) is 0 Å². The zero-order valence-electron chi connectivity index (χ0n) is 37.6. The Labute approximate surface area is 360 Å². The highest BCUT2D eigenvalue weighted by atomic mass is 16.7. The van der Waals surface area contributed by atoms with Crippen LogP contribution in [0, 0.1) is 0 Å². The Hall–Kier alpha value is -1.63. The average molecular weight is 838 g/mol. The molecule has 1 aliphatic heterocycles. The van der Waals surface area contributed by atoms with Crippen molar-refractivity contribution < 1.29 is 44.9 Å². The van der Waals surface area contributed by atoms with E-state index in [1.165, 1.54) is 135 Å². The van der Waals surface area contributed by atoms with Crippen molar-refractivity contribution >= 4 is 5.91 Å². The number of aliphatic hydroxyl groups is 6. The first-order valence-corrected chi connectivity index (χ1v) is 24.3. The van der Waals surface area contributed by atoms with E-state index in [9.17, 15) is 35.4 Å². The SMILES string of the molecule is CCCCCCCC/C=C/CC/C=C/C(O)C(COC1OC(CO)C(O)C(O)C1O)NC(=O)C(O)CCCCCCCC/C=C\CCCCCCCCCCCCCC. The number of aliphatic hydroxyl groups excluding tert-OH is 6. The van der Waals surface area contributed by atoms with Gasteiger partial charge >= 0.3 is 0 Å². The van der Waals surface area contributed by atoms with E-state index in [0.29, 0.717) is 19.3 Å². The van der Waals surface area contributed by atoms with Crippen molar-refractivity contribution in [2.24, 2.45) is 0 Å². The normalized spacial score (nSPS) is 21.5. The number of hydrogen-bond donors (Lipinski definition) is 7. The minimum atomic E-state index is -1.62. The molecule has 1 saturated heterocycles. The zero-order valence-corrected chi connectivity index (χ0v) is 37.6. The summed E-state index contributed by atoms with van der Waals surface area (Å²) in [5, 5.41) is 64.6. The fourth-order valence-corrected chi connectivity index (χ4v) is 7.53. The number of rotatable bonds is 40. The first-order chi connectivity index (χ1) is 28.8. The topological polar surface area (TPSA) is 169 Å². The van der Waals surface area contributed by atoms with Crippen LogP contribution in [0.15, 0.2) is 36.5 Å². The summed E-state index contributed by atoms with van der Waals surface area (Å²) in [4.78, 5) is 13.0. The van der Waals surface area contributed by atoms with Crippen molar-refractivity contribution in [1.82, 2.24) is 5.32 Å². The van der Waals surface area contributed by atoms with Crippen molar-refractivity contribution in [2.75, 3.05) is 13.2 Å². The molecule has 1 heterocycles. The highest BCUT2D eigenvalue weighted by Gasteiger charge is 2.44. The number of hydrogen-bond acceptors (Lipinski definition) is 9. The maximum absolute atomic E-state index is 13.0. The molecule has 0 aromatic carbocycles. The lowest BCUT2D eigenvalue weighted by atomic mass is 9.99. The van der Waals surface area contributed by atoms with E-state index in [2.05, 4.69) is 43.5 Å². The predicted octanol–water partition coefficient (Wildman–Crippen LogP) is 9.42. The summed E-state index contributed by atoms with van der Waals surface area (Å²) in [7, 11) is 0. The molecule has 59 heavy (non-hydrogen) atoms. The molecule has 1 aliphatic rings. The molecular formula is C49H91NO9. The van der Waals surface area contributed by atoms with Crippen LogP contribution in [0.25, 0.3) is 0 Å². The largest absolute Gasteiger partial charge is 0.394 e. The fraction of sp³-hybridized carbons (Fsp3) is 0.857. The molecule has 10 nitrogen and oxygen atoms in total. The van der Waals surface area contributed by atoms with E-state index in [1.54, 1.807) is 6.08 Å². The van der Waals surface area contributed by atoms with E-state index < -0.39 is 61.5 Å². The molecule has 8 atom stereocenters. The molecule has 7 N–H and O–H groups in total. The Morgan fingerprint density at radius 1 is 0.576 bits per heavy atom. The molecule has 0 aliphatic carbocycles. The second-order valence-electron chi connectivity index (χ2n) is 17.0. The van der Waals surface area contributed by atoms with Crippen LogP contribution in [0.5, 0.6) is 0 Å². The number of amides is 1. The van der Waals surface area contributed by atoms with Crippen LogP contribution in [-0.2, 0) is 14.3 Å². The van der Waals surface area contributed by atoms with Gasteiger partial charge in [0.15, 0.2) is 6.29 Å². The van der Waals surface area contributed by atoms with Gasteiger partial charge in [0.1, 0.15) is 30.5 Å². The molecule has 0 saturated carbocycles. The number of carbonyl (C=O) groups excluding carboxylic acids is 1. The summed E-state index contributed by atoms with van der Waals surface area (Å²) in [6.07, 6.45) is 38.1. The van der Waals surface area contributed by atoms with E-state index in [1.807, 2.05) is 6.08 Å². The van der Waals surface area contributed by atoms with Crippen molar-refractivity contribution in [3.05, 3.63) is 36.5 Å². The number of ether oxygens (including phenoxy) is 2. The van der Waals surface area contributed by atoms with Crippen LogP contribution in [-0.4, -0.2) is 98.7 Å². The van der Waals surface area contributed by atoms with Gasteiger partial charge in [-0.15, -0.1) is 0 Å². The molecule has 0 bridgehead atoms.